The molecule has 0 unspecified atom stereocenters. The van der Waals surface area contributed by atoms with Crippen molar-refractivity contribution >= 4 is 17.9 Å². The normalized spacial score (nSPS) is 14.8. The van der Waals surface area contributed by atoms with Gasteiger partial charge in [0.2, 0.25) is 4.77 Å². The lowest BCUT2D eigenvalue weighted by Gasteiger charge is -2.34. The van der Waals surface area contributed by atoms with Crippen LogP contribution in [0.4, 0.5) is 5.69 Å². The van der Waals surface area contributed by atoms with Gasteiger partial charge < -0.3 is 14.5 Å². The molecule has 6 nitrogen and oxygen atoms in total. The van der Waals surface area contributed by atoms with Gasteiger partial charge in [-0.1, -0.05) is 24.3 Å². The van der Waals surface area contributed by atoms with Crippen LogP contribution in [0.3, 0.4) is 0 Å². The first-order valence-electron chi connectivity index (χ1n) is 10.6. The standard InChI is InChI=1S/C23H29N5OS/c1-4-29-22-11-6-5-10-21(22)26-14-12-25(13-15-26)17-27-23(30)28(19(3)24-27)20-9-7-8-18(2)16-20/h5-11,16H,4,12-15,17H2,1-3H3/p+1. The summed E-state index contributed by atoms with van der Waals surface area (Å²) in [5.41, 5.74) is 3.49. The maximum Gasteiger partial charge on any atom is 0.207 e. The second-order valence-corrected chi connectivity index (χ2v) is 8.16. The Balaban J connectivity index is 1.45. The van der Waals surface area contributed by atoms with E-state index in [1.807, 2.05) is 24.6 Å². The molecule has 1 aliphatic heterocycles. The third kappa shape index (κ3) is 4.27. The van der Waals surface area contributed by atoms with E-state index in [4.69, 9.17) is 22.1 Å². The van der Waals surface area contributed by atoms with Crippen LogP contribution in [0.25, 0.3) is 5.69 Å². The maximum absolute atomic E-state index is 5.82. The number of aromatic nitrogens is 3. The number of nitrogens with zero attached hydrogens (tertiary/aromatic N) is 4. The number of anilines is 1. The maximum atomic E-state index is 5.82. The van der Waals surface area contributed by atoms with Crippen LogP contribution in [0, 0.1) is 18.6 Å². The Morgan fingerprint density at radius 1 is 1.07 bits per heavy atom. The van der Waals surface area contributed by atoms with E-state index in [-0.39, 0.29) is 0 Å². The van der Waals surface area contributed by atoms with E-state index < -0.39 is 0 Å². The Hall–Kier alpha value is -2.64. The van der Waals surface area contributed by atoms with Crippen molar-refractivity contribution in [3.8, 4) is 11.4 Å². The van der Waals surface area contributed by atoms with Gasteiger partial charge in [0.15, 0.2) is 6.67 Å². The van der Waals surface area contributed by atoms with Crippen LogP contribution in [0.5, 0.6) is 5.75 Å². The molecule has 0 aliphatic carbocycles. The van der Waals surface area contributed by atoms with E-state index in [0.29, 0.717) is 6.61 Å². The zero-order valence-corrected chi connectivity index (χ0v) is 18.8. The fraction of sp³-hybridized carbons (Fsp3) is 0.391. The Morgan fingerprint density at radius 2 is 1.83 bits per heavy atom. The van der Waals surface area contributed by atoms with E-state index in [1.165, 1.54) is 16.2 Å². The Morgan fingerprint density at radius 3 is 2.57 bits per heavy atom. The molecule has 1 aliphatic rings. The van der Waals surface area contributed by atoms with Crippen LogP contribution in [0.1, 0.15) is 18.3 Å². The van der Waals surface area contributed by atoms with Crippen molar-refractivity contribution < 1.29 is 9.64 Å². The minimum atomic E-state index is 0.684. The third-order valence-electron chi connectivity index (χ3n) is 5.61. The number of ether oxygens (including phenoxy) is 1. The number of para-hydroxylation sites is 2. The molecule has 4 rings (SSSR count). The van der Waals surface area contributed by atoms with Gasteiger partial charge in [-0.2, -0.15) is 9.78 Å². The lowest BCUT2D eigenvalue weighted by molar-refractivity contribution is -0.924. The quantitative estimate of drug-likeness (QED) is 0.618. The lowest BCUT2D eigenvalue weighted by Crippen LogP contribution is -3.14. The van der Waals surface area contributed by atoms with Crippen LogP contribution in [-0.2, 0) is 6.67 Å². The summed E-state index contributed by atoms with van der Waals surface area (Å²) in [4.78, 5) is 3.91. The third-order valence-corrected chi connectivity index (χ3v) is 6.00. The summed E-state index contributed by atoms with van der Waals surface area (Å²) in [7, 11) is 0. The summed E-state index contributed by atoms with van der Waals surface area (Å²) in [6.07, 6.45) is 0. The smallest absolute Gasteiger partial charge is 0.207 e. The Kier molecular flexibility index (Phi) is 6.20. The highest BCUT2D eigenvalue weighted by Crippen LogP contribution is 2.27. The molecule has 2 aromatic carbocycles. The van der Waals surface area contributed by atoms with Crippen molar-refractivity contribution in [3.05, 3.63) is 64.7 Å². The monoisotopic (exact) mass is 424 g/mol. The van der Waals surface area contributed by atoms with Crippen LogP contribution in [0.2, 0.25) is 0 Å². The first kappa shape index (κ1) is 20.6. The molecule has 2 heterocycles. The fourth-order valence-corrected chi connectivity index (χ4v) is 4.46. The second-order valence-electron chi connectivity index (χ2n) is 7.80. The molecule has 0 radical (unpaired) electrons. The number of aryl methyl sites for hydroxylation is 2. The molecule has 0 saturated carbocycles. The molecular weight excluding hydrogens is 394 g/mol. The molecule has 0 amide bonds. The van der Waals surface area contributed by atoms with Crippen LogP contribution < -0.4 is 14.5 Å². The molecule has 0 atom stereocenters. The fourth-order valence-electron chi connectivity index (χ4n) is 4.11. The second kappa shape index (κ2) is 9.02. The van der Waals surface area contributed by atoms with Crippen molar-refractivity contribution in [1.29, 1.82) is 0 Å². The zero-order valence-electron chi connectivity index (χ0n) is 18.0. The minimum Gasteiger partial charge on any atom is -0.492 e. The van der Waals surface area contributed by atoms with Crippen LogP contribution >= 0.6 is 12.2 Å². The zero-order chi connectivity index (χ0) is 21.1. The largest absolute Gasteiger partial charge is 0.492 e. The predicted molar refractivity (Wildman–Crippen MR) is 122 cm³/mol. The van der Waals surface area contributed by atoms with Crippen molar-refractivity contribution in [3.63, 3.8) is 0 Å². The van der Waals surface area contributed by atoms with Gasteiger partial charge in [0.05, 0.1) is 38.5 Å². The van der Waals surface area contributed by atoms with Crippen molar-refractivity contribution in [2.75, 3.05) is 37.7 Å². The van der Waals surface area contributed by atoms with Gasteiger partial charge in [0, 0.05) is 5.69 Å². The molecular formula is C23H30N5OS+. The minimum absolute atomic E-state index is 0.684. The number of piperazine rings is 1. The van der Waals surface area contributed by atoms with Gasteiger partial charge in [-0.05, 0) is 62.8 Å². The molecule has 158 valence electrons. The van der Waals surface area contributed by atoms with Crippen LogP contribution in [-0.4, -0.2) is 47.1 Å². The number of rotatable bonds is 6. The highest BCUT2D eigenvalue weighted by atomic mass is 32.1. The van der Waals surface area contributed by atoms with Gasteiger partial charge in [0.1, 0.15) is 11.6 Å². The average molecular weight is 425 g/mol. The molecule has 0 bridgehead atoms. The van der Waals surface area contributed by atoms with E-state index in [0.717, 1.165) is 54.9 Å². The van der Waals surface area contributed by atoms with E-state index in [2.05, 4.69) is 58.9 Å². The van der Waals surface area contributed by atoms with Crippen LogP contribution in [0.15, 0.2) is 48.5 Å². The first-order valence-corrected chi connectivity index (χ1v) is 11.0. The SMILES string of the molecule is CCOc1ccccc1N1CC[NH+](Cn2nc(C)n(-c3cccc(C)c3)c2=S)CC1. The van der Waals surface area contributed by atoms with Gasteiger partial charge in [0.25, 0.3) is 0 Å². The molecule has 30 heavy (non-hydrogen) atoms. The number of quaternary nitrogens is 1. The summed E-state index contributed by atoms with van der Waals surface area (Å²) >= 11 is 5.78. The van der Waals surface area contributed by atoms with Gasteiger partial charge in [-0.15, -0.1) is 0 Å². The van der Waals surface area contributed by atoms with E-state index in [9.17, 15) is 0 Å². The molecule has 1 N–H and O–H groups in total. The van der Waals surface area contributed by atoms with Crippen molar-refractivity contribution in [1.82, 2.24) is 14.3 Å². The first-order chi connectivity index (χ1) is 14.6. The highest BCUT2D eigenvalue weighted by Gasteiger charge is 2.23. The number of hydrogen-bond donors (Lipinski definition) is 1. The summed E-state index contributed by atoms with van der Waals surface area (Å²) < 4.78 is 10.6. The summed E-state index contributed by atoms with van der Waals surface area (Å²) in [5.74, 6) is 1.90. The van der Waals surface area contributed by atoms with E-state index in [1.54, 1.807) is 0 Å². The summed E-state index contributed by atoms with van der Waals surface area (Å²) in [6.45, 7) is 11.7. The van der Waals surface area contributed by atoms with E-state index >= 15 is 0 Å². The molecule has 1 saturated heterocycles. The molecule has 1 aromatic heterocycles. The molecule has 0 spiro atoms. The predicted octanol–water partition coefficient (Wildman–Crippen LogP) is 2.78. The Labute approximate surface area is 183 Å². The molecule has 3 aromatic rings. The van der Waals surface area contributed by atoms with Crippen molar-refractivity contribution in [2.45, 2.75) is 27.4 Å². The van der Waals surface area contributed by atoms with Gasteiger partial charge in [-0.3, -0.25) is 4.57 Å². The highest BCUT2D eigenvalue weighted by molar-refractivity contribution is 7.71. The number of nitrogens with one attached hydrogen (secondary N) is 1. The Bertz CT molecular complexity index is 1070. The topological polar surface area (TPSA) is 39.7 Å². The summed E-state index contributed by atoms with van der Waals surface area (Å²) in [5, 5.41) is 4.75. The number of benzene rings is 2. The van der Waals surface area contributed by atoms with Gasteiger partial charge >= 0.3 is 0 Å². The number of hydrogen-bond acceptors (Lipinski definition) is 4. The lowest BCUT2D eigenvalue weighted by atomic mass is 10.2. The average Bonchev–Trinajstić information content (AvgIpc) is 3.02. The summed E-state index contributed by atoms with van der Waals surface area (Å²) in [6, 6.07) is 16.7. The molecule has 1 fully saturated rings. The molecule has 7 heteroatoms. The van der Waals surface area contributed by atoms with Gasteiger partial charge in [-0.25, -0.2) is 0 Å². The van der Waals surface area contributed by atoms with Crippen molar-refractivity contribution in [2.24, 2.45) is 0 Å².